The number of rotatable bonds is 4. The minimum Gasteiger partial charge on any atom is -0.317 e. The Morgan fingerprint density at radius 1 is 1.71 bits per heavy atom. The molecule has 78 valence electrons. The molecule has 0 saturated carbocycles. The summed E-state index contributed by atoms with van der Waals surface area (Å²) in [4.78, 5) is 17.4. The van der Waals surface area contributed by atoms with Crippen LogP contribution in [0.1, 0.15) is 19.8 Å². The Morgan fingerprint density at radius 2 is 2.43 bits per heavy atom. The maximum Gasteiger partial charge on any atom is 0.226 e. The van der Waals surface area contributed by atoms with E-state index >= 15 is 0 Å². The van der Waals surface area contributed by atoms with Gasteiger partial charge in [-0.05, 0) is 18.9 Å². The molecule has 1 aliphatic heterocycles. The van der Waals surface area contributed by atoms with E-state index in [1.165, 1.54) is 0 Å². The van der Waals surface area contributed by atoms with Crippen LogP contribution in [0.5, 0.6) is 0 Å². The van der Waals surface area contributed by atoms with Gasteiger partial charge in [0.25, 0.3) is 0 Å². The van der Waals surface area contributed by atoms with Gasteiger partial charge >= 0.3 is 0 Å². The maximum absolute atomic E-state index is 11.6. The molecule has 3 nitrogen and oxygen atoms in total. The van der Waals surface area contributed by atoms with Gasteiger partial charge in [0.1, 0.15) is 0 Å². The molecule has 0 aromatic heterocycles. The highest BCUT2D eigenvalue weighted by molar-refractivity contribution is 6.17. The van der Waals surface area contributed by atoms with Crippen LogP contribution < -0.4 is 0 Å². The molecule has 0 unspecified atom stereocenters. The SMILES string of the molecule is CC1=C(N(C)C(=O)CCCCl)CN=C1. The molecule has 0 aromatic rings. The van der Waals surface area contributed by atoms with Crippen LogP contribution in [-0.2, 0) is 4.79 Å². The summed E-state index contributed by atoms with van der Waals surface area (Å²) in [6.45, 7) is 2.59. The zero-order valence-electron chi connectivity index (χ0n) is 8.59. The molecule has 14 heavy (non-hydrogen) atoms. The molecule has 1 rings (SSSR count). The predicted octanol–water partition coefficient (Wildman–Crippen LogP) is 1.82. The zero-order chi connectivity index (χ0) is 10.6. The predicted molar refractivity (Wildman–Crippen MR) is 58.8 cm³/mol. The van der Waals surface area contributed by atoms with E-state index < -0.39 is 0 Å². The van der Waals surface area contributed by atoms with Crippen LogP contribution in [0.25, 0.3) is 0 Å². The summed E-state index contributed by atoms with van der Waals surface area (Å²) in [5.74, 6) is 0.652. The molecule has 0 bridgehead atoms. The fourth-order valence-corrected chi connectivity index (χ4v) is 1.51. The number of amides is 1. The van der Waals surface area contributed by atoms with Gasteiger partial charge in [-0.1, -0.05) is 0 Å². The van der Waals surface area contributed by atoms with E-state index in [2.05, 4.69) is 4.99 Å². The van der Waals surface area contributed by atoms with Gasteiger partial charge in [-0.15, -0.1) is 11.6 Å². The van der Waals surface area contributed by atoms with Gasteiger partial charge < -0.3 is 4.90 Å². The van der Waals surface area contributed by atoms with E-state index in [-0.39, 0.29) is 5.91 Å². The lowest BCUT2D eigenvalue weighted by Crippen LogP contribution is -2.27. The Bertz CT molecular complexity index is 284. The first-order valence-electron chi connectivity index (χ1n) is 4.69. The van der Waals surface area contributed by atoms with Crippen LogP contribution in [0.2, 0.25) is 0 Å². The monoisotopic (exact) mass is 214 g/mol. The number of carbonyl (C=O) groups is 1. The second-order valence-corrected chi connectivity index (χ2v) is 3.72. The van der Waals surface area contributed by atoms with Gasteiger partial charge in [0.2, 0.25) is 5.91 Å². The highest BCUT2D eigenvalue weighted by Crippen LogP contribution is 2.14. The third-order valence-electron chi connectivity index (χ3n) is 2.28. The first-order chi connectivity index (χ1) is 6.66. The fraction of sp³-hybridized carbons (Fsp3) is 0.600. The van der Waals surface area contributed by atoms with Crippen molar-refractivity contribution in [2.45, 2.75) is 19.8 Å². The largest absolute Gasteiger partial charge is 0.317 e. The molecule has 1 heterocycles. The van der Waals surface area contributed by atoms with Gasteiger partial charge in [-0.2, -0.15) is 0 Å². The van der Waals surface area contributed by atoms with Crippen LogP contribution in [0, 0.1) is 0 Å². The van der Waals surface area contributed by atoms with Crippen molar-refractivity contribution in [2.24, 2.45) is 4.99 Å². The summed E-state index contributed by atoms with van der Waals surface area (Å²) in [6.07, 6.45) is 3.05. The number of carbonyl (C=O) groups excluding carboxylic acids is 1. The zero-order valence-corrected chi connectivity index (χ0v) is 9.34. The first-order valence-corrected chi connectivity index (χ1v) is 5.22. The van der Waals surface area contributed by atoms with Crippen molar-refractivity contribution in [3.63, 3.8) is 0 Å². The Balaban J connectivity index is 2.53. The molecule has 0 N–H and O–H groups in total. The molecule has 0 aliphatic carbocycles. The average molecular weight is 215 g/mol. The van der Waals surface area contributed by atoms with Crippen LogP contribution in [0.3, 0.4) is 0 Å². The fourth-order valence-electron chi connectivity index (χ4n) is 1.38. The number of nitrogens with zero attached hydrogens (tertiary/aromatic N) is 2. The first kappa shape index (κ1) is 11.2. The van der Waals surface area contributed by atoms with Crippen molar-refractivity contribution in [3.8, 4) is 0 Å². The van der Waals surface area contributed by atoms with Crippen molar-refractivity contribution in [1.29, 1.82) is 0 Å². The molecular weight excluding hydrogens is 200 g/mol. The molecule has 0 fully saturated rings. The molecule has 0 saturated heterocycles. The molecule has 0 spiro atoms. The Morgan fingerprint density at radius 3 is 2.93 bits per heavy atom. The van der Waals surface area contributed by atoms with E-state index in [1.54, 1.807) is 18.2 Å². The van der Waals surface area contributed by atoms with Crippen molar-refractivity contribution >= 4 is 23.7 Å². The topological polar surface area (TPSA) is 32.7 Å². The number of allylic oxidation sites excluding steroid dienone is 1. The molecule has 0 radical (unpaired) electrons. The number of halogens is 1. The van der Waals surface area contributed by atoms with E-state index in [0.29, 0.717) is 18.8 Å². The van der Waals surface area contributed by atoms with Crippen LogP contribution in [-0.4, -0.2) is 36.5 Å². The third kappa shape index (κ3) is 2.58. The Labute approximate surface area is 89.4 Å². The summed E-state index contributed by atoms with van der Waals surface area (Å²) >= 11 is 5.53. The number of likely N-dealkylation sites (N-methyl/N-ethyl adjacent to an activating group) is 1. The van der Waals surface area contributed by atoms with E-state index in [9.17, 15) is 4.79 Å². The van der Waals surface area contributed by atoms with Gasteiger partial charge in [0.05, 0.1) is 6.54 Å². The van der Waals surface area contributed by atoms with Crippen molar-refractivity contribution in [3.05, 3.63) is 11.3 Å². The summed E-state index contributed by atoms with van der Waals surface area (Å²) in [7, 11) is 1.80. The van der Waals surface area contributed by atoms with Crippen LogP contribution in [0.15, 0.2) is 16.3 Å². The molecule has 0 aromatic carbocycles. The highest BCUT2D eigenvalue weighted by atomic mass is 35.5. The number of hydrogen-bond donors (Lipinski definition) is 0. The minimum atomic E-state index is 0.116. The Hall–Kier alpha value is -0.830. The second-order valence-electron chi connectivity index (χ2n) is 3.34. The lowest BCUT2D eigenvalue weighted by atomic mass is 10.2. The molecule has 1 amide bonds. The third-order valence-corrected chi connectivity index (χ3v) is 2.55. The standard InChI is InChI=1S/C10H15ClN2O/c1-8-6-12-7-9(8)13(2)10(14)4-3-5-11/h6H,3-5,7H2,1-2H3. The maximum atomic E-state index is 11.6. The Kier molecular flexibility index (Phi) is 4.14. The molecule has 1 aliphatic rings. The van der Waals surface area contributed by atoms with Crippen LogP contribution >= 0.6 is 11.6 Å². The summed E-state index contributed by atoms with van der Waals surface area (Å²) in [6, 6.07) is 0. The van der Waals surface area contributed by atoms with Crippen molar-refractivity contribution in [1.82, 2.24) is 4.90 Å². The lowest BCUT2D eigenvalue weighted by Gasteiger charge is -2.18. The smallest absolute Gasteiger partial charge is 0.226 e. The number of alkyl halides is 1. The second kappa shape index (κ2) is 5.15. The minimum absolute atomic E-state index is 0.116. The lowest BCUT2D eigenvalue weighted by molar-refractivity contribution is -0.128. The van der Waals surface area contributed by atoms with Gasteiger partial charge in [0.15, 0.2) is 0 Å². The van der Waals surface area contributed by atoms with Gasteiger partial charge in [-0.25, -0.2) is 0 Å². The average Bonchev–Trinajstić information content (AvgIpc) is 2.59. The van der Waals surface area contributed by atoms with Crippen molar-refractivity contribution < 1.29 is 4.79 Å². The van der Waals surface area contributed by atoms with E-state index in [4.69, 9.17) is 11.6 Å². The van der Waals surface area contributed by atoms with Crippen LogP contribution in [0.4, 0.5) is 0 Å². The number of aliphatic imine (C=N–C) groups is 1. The van der Waals surface area contributed by atoms with Gasteiger partial charge in [-0.3, -0.25) is 9.79 Å². The van der Waals surface area contributed by atoms with Gasteiger partial charge in [0, 0.05) is 31.3 Å². The summed E-state index contributed by atoms with van der Waals surface area (Å²) < 4.78 is 0. The normalized spacial score (nSPS) is 15.1. The molecule has 0 atom stereocenters. The molecular formula is C10H15ClN2O. The quantitative estimate of drug-likeness (QED) is 0.658. The van der Waals surface area contributed by atoms with E-state index in [1.807, 2.05) is 6.92 Å². The van der Waals surface area contributed by atoms with Crippen molar-refractivity contribution in [2.75, 3.05) is 19.5 Å². The summed E-state index contributed by atoms with van der Waals surface area (Å²) in [5.41, 5.74) is 2.08. The number of hydrogen-bond acceptors (Lipinski definition) is 2. The van der Waals surface area contributed by atoms with E-state index in [0.717, 1.165) is 17.7 Å². The summed E-state index contributed by atoms with van der Waals surface area (Å²) in [5, 5.41) is 0. The highest BCUT2D eigenvalue weighted by Gasteiger charge is 2.16. The molecule has 4 heteroatoms.